The van der Waals surface area contributed by atoms with E-state index in [0.29, 0.717) is 32.0 Å². The van der Waals surface area contributed by atoms with E-state index in [9.17, 15) is 8.42 Å². The van der Waals surface area contributed by atoms with Gasteiger partial charge in [0.05, 0.1) is 5.75 Å². The minimum atomic E-state index is -3.06. The third-order valence-corrected chi connectivity index (χ3v) is 5.17. The number of nitrogens with zero attached hydrogens (tertiary/aromatic N) is 1. The molecule has 0 radical (unpaired) electrons. The molecule has 5 nitrogen and oxygen atoms in total. The number of hydrogen-bond donors (Lipinski definition) is 1. The SMILES string of the molecule is CNCC1CCN(S(=O)(=O)CCCOC)CC1.Cl. The van der Waals surface area contributed by atoms with Gasteiger partial charge >= 0.3 is 0 Å². The van der Waals surface area contributed by atoms with Gasteiger partial charge in [0.25, 0.3) is 0 Å². The molecular weight excluding hydrogens is 276 g/mol. The summed E-state index contributed by atoms with van der Waals surface area (Å²) in [5.74, 6) is 0.822. The Morgan fingerprint density at radius 2 is 1.94 bits per heavy atom. The van der Waals surface area contributed by atoms with Gasteiger partial charge in [-0.25, -0.2) is 12.7 Å². The van der Waals surface area contributed by atoms with Crippen LogP contribution in [0.1, 0.15) is 19.3 Å². The van der Waals surface area contributed by atoms with E-state index in [-0.39, 0.29) is 18.2 Å². The number of hydrogen-bond acceptors (Lipinski definition) is 4. The monoisotopic (exact) mass is 300 g/mol. The second-order valence-corrected chi connectivity index (χ2v) is 6.65. The molecule has 0 atom stereocenters. The van der Waals surface area contributed by atoms with Crippen LogP contribution in [0.4, 0.5) is 0 Å². The molecule has 1 N–H and O–H groups in total. The largest absolute Gasteiger partial charge is 0.385 e. The van der Waals surface area contributed by atoms with Crippen molar-refractivity contribution >= 4 is 22.4 Å². The topological polar surface area (TPSA) is 58.6 Å². The smallest absolute Gasteiger partial charge is 0.214 e. The molecule has 0 unspecified atom stereocenters. The summed E-state index contributed by atoms with van der Waals surface area (Å²) in [5, 5.41) is 3.15. The Labute approximate surface area is 117 Å². The minimum absolute atomic E-state index is 0. The summed E-state index contributed by atoms with van der Waals surface area (Å²) in [4.78, 5) is 0. The van der Waals surface area contributed by atoms with Crippen LogP contribution in [0.5, 0.6) is 0 Å². The maximum Gasteiger partial charge on any atom is 0.214 e. The Hall–Kier alpha value is 0.120. The summed E-state index contributed by atoms with van der Waals surface area (Å²) in [5.41, 5.74) is 0. The Morgan fingerprint density at radius 1 is 1.33 bits per heavy atom. The van der Waals surface area contributed by atoms with Gasteiger partial charge in [0.1, 0.15) is 0 Å². The first-order valence-corrected chi connectivity index (χ1v) is 7.82. The van der Waals surface area contributed by atoms with Crippen molar-refractivity contribution in [3.8, 4) is 0 Å². The zero-order chi connectivity index (χ0) is 12.7. The van der Waals surface area contributed by atoms with Gasteiger partial charge in [0, 0.05) is 26.8 Å². The lowest BCUT2D eigenvalue weighted by Crippen LogP contribution is -2.41. The molecule has 1 aliphatic heterocycles. The molecule has 1 fully saturated rings. The Kier molecular flexibility index (Phi) is 9.15. The second kappa shape index (κ2) is 9.09. The first-order valence-electron chi connectivity index (χ1n) is 6.21. The maximum atomic E-state index is 12.0. The number of piperidine rings is 1. The van der Waals surface area contributed by atoms with E-state index in [2.05, 4.69) is 5.32 Å². The number of ether oxygens (including phenoxy) is 1. The summed E-state index contributed by atoms with van der Waals surface area (Å²) in [6, 6.07) is 0. The summed E-state index contributed by atoms with van der Waals surface area (Å²) < 4.78 is 30.5. The van der Waals surface area contributed by atoms with Crippen molar-refractivity contribution in [1.29, 1.82) is 0 Å². The Balaban J connectivity index is 0.00000289. The average Bonchev–Trinajstić information content (AvgIpc) is 2.30. The molecule has 7 heteroatoms. The van der Waals surface area contributed by atoms with E-state index in [0.717, 1.165) is 19.4 Å². The van der Waals surface area contributed by atoms with E-state index >= 15 is 0 Å². The molecule has 0 spiro atoms. The lowest BCUT2D eigenvalue weighted by molar-refractivity contribution is 0.198. The van der Waals surface area contributed by atoms with Gasteiger partial charge in [-0.05, 0) is 38.8 Å². The van der Waals surface area contributed by atoms with Crippen molar-refractivity contribution in [3.05, 3.63) is 0 Å². The minimum Gasteiger partial charge on any atom is -0.385 e. The fraction of sp³-hybridized carbons (Fsp3) is 1.00. The molecule has 1 aliphatic rings. The molecule has 0 saturated carbocycles. The number of methoxy groups -OCH3 is 1. The highest BCUT2D eigenvalue weighted by atomic mass is 35.5. The van der Waals surface area contributed by atoms with Crippen LogP contribution in [0.15, 0.2) is 0 Å². The van der Waals surface area contributed by atoms with Crippen LogP contribution in [-0.4, -0.2) is 58.9 Å². The second-order valence-electron chi connectivity index (χ2n) is 4.56. The van der Waals surface area contributed by atoms with Crippen LogP contribution in [0.2, 0.25) is 0 Å². The molecule has 0 aliphatic carbocycles. The van der Waals surface area contributed by atoms with Gasteiger partial charge in [0.2, 0.25) is 10.0 Å². The van der Waals surface area contributed by atoms with Crippen LogP contribution < -0.4 is 5.32 Å². The molecule has 0 aromatic heterocycles. The quantitative estimate of drug-likeness (QED) is 0.704. The highest BCUT2D eigenvalue weighted by molar-refractivity contribution is 7.89. The van der Waals surface area contributed by atoms with Gasteiger partial charge in [0.15, 0.2) is 0 Å². The predicted octanol–water partition coefficient (Wildman–Crippen LogP) is 0.706. The average molecular weight is 301 g/mol. The zero-order valence-electron chi connectivity index (χ0n) is 11.2. The Bertz CT molecular complexity index is 303. The third kappa shape index (κ3) is 5.84. The first kappa shape index (κ1) is 18.1. The maximum absolute atomic E-state index is 12.0. The van der Waals surface area contributed by atoms with E-state index in [1.165, 1.54) is 0 Å². The lowest BCUT2D eigenvalue weighted by atomic mass is 9.98. The molecule has 0 aromatic carbocycles. The van der Waals surface area contributed by atoms with Crippen molar-refractivity contribution in [3.63, 3.8) is 0 Å². The van der Waals surface area contributed by atoms with Crippen LogP contribution >= 0.6 is 12.4 Å². The van der Waals surface area contributed by atoms with Crippen molar-refractivity contribution in [2.75, 3.05) is 46.2 Å². The van der Waals surface area contributed by atoms with Gasteiger partial charge in [-0.1, -0.05) is 0 Å². The molecule has 1 saturated heterocycles. The van der Waals surface area contributed by atoms with Crippen LogP contribution in [0, 0.1) is 5.92 Å². The predicted molar refractivity (Wildman–Crippen MR) is 75.8 cm³/mol. The molecule has 0 amide bonds. The number of sulfonamides is 1. The normalized spacial score (nSPS) is 18.6. The lowest BCUT2D eigenvalue weighted by Gasteiger charge is -2.31. The third-order valence-electron chi connectivity index (χ3n) is 3.21. The fourth-order valence-corrected chi connectivity index (χ4v) is 3.70. The standard InChI is InChI=1S/C11H24N2O3S.ClH/c1-12-10-11-4-6-13(7-5-11)17(14,15)9-3-8-16-2;/h11-12H,3-10H2,1-2H3;1H. The van der Waals surface area contributed by atoms with E-state index < -0.39 is 10.0 Å². The molecule has 0 bridgehead atoms. The van der Waals surface area contributed by atoms with Crippen molar-refractivity contribution in [1.82, 2.24) is 9.62 Å². The molecule has 18 heavy (non-hydrogen) atoms. The summed E-state index contributed by atoms with van der Waals surface area (Å²) >= 11 is 0. The van der Waals surface area contributed by atoms with Crippen molar-refractivity contribution in [2.24, 2.45) is 5.92 Å². The van der Waals surface area contributed by atoms with Crippen LogP contribution in [0.3, 0.4) is 0 Å². The van der Waals surface area contributed by atoms with Gasteiger partial charge in [-0.2, -0.15) is 0 Å². The zero-order valence-corrected chi connectivity index (χ0v) is 12.9. The number of halogens is 1. The Morgan fingerprint density at radius 3 is 2.44 bits per heavy atom. The first-order chi connectivity index (χ1) is 8.10. The summed E-state index contributed by atoms with van der Waals surface area (Å²) in [6.07, 6.45) is 2.50. The molecule has 110 valence electrons. The van der Waals surface area contributed by atoms with Gasteiger partial charge in [-0.15, -0.1) is 12.4 Å². The van der Waals surface area contributed by atoms with Crippen molar-refractivity contribution in [2.45, 2.75) is 19.3 Å². The highest BCUT2D eigenvalue weighted by Crippen LogP contribution is 2.19. The molecule has 0 aromatic rings. The van der Waals surface area contributed by atoms with Crippen LogP contribution in [-0.2, 0) is 14.8 Å². The molecular formula is C11H25ClN2O3S. The van der Waals surface area contributed by atoms with Gasteiger partial charge in [-0.3, -0.25) is 0 Å². The highest BCUT2D eigenvalue weighted by Gasteiger charge is 2.27. The number of rotatable bonds is 7. The van der Waals surface area contributed by atoms with E-state index in [4.69, 9.17) is 4.74 Å². The van der Waals surface area contributed by atoms with Crippen molar-refractivity contribution < 1.29 is 13.2 Å². The van der Waals surface area contributed by atoms with Gasteiger partial charge < -0.3 is 10.1 Å². The van der Waals surface area contributed by atoms with E-state index in [1.54, 1.807) is 11.4 Å². The molecule has 1 rings (SSSR count). The van der Waals surface area contributed by atoms with Crippen LogP contribution in [0.25, 0.3) is 0 Å². The van der Waals surface area contributed by atoms with E-state index in [1.807, 2.05) is 7.05 Å². The number of nitrogens with one attached hydrogen (secondary N) is 1. The fourth-order valence-electron chi connectivity index (χ4n) is 2.20. The summed E-state index contributed by atoms with van der Waals surface area (Å²) in [6.45, 7) is 2.83. The summed E-state index contributed by atoms with van der Waals surface area (Å²) in [7, 11) is 0.470. The molecule has 1 heterocycles.